The number of likely N-dealkylation sites (tertiary alicyclic amines) is 1. The highest BCUT2D eigenvalue weighted by molar-refractivity contribution is 5.85. The van der Waals surface area contributed by atoms with Gasteiger partial charge in [0.25, 0.3) is 0 Å². The molecule has 2 rings (SSSR count). The number of amides is 1. The molecule has 0 spiro atoms. The first kappa shape index (κ1) is 13.8. The molecule has 2 aliphatic rings. The Hall–Kier alpha value is -0.280. The molecule has 3 atom stereocenters. The number of carbonyl (C=O) groups is 1. The molecule has 0 bridgehead atoms. The summed E-state index contributed by atoms with van der Waals surface area (Å²) in [5.74, 6) is 1.83. The Bertz CT molecular complexity index is 277. The van der Waals surface area contributed by atoms with Crippen LogP contribution in [0.5, 0.6) is 0 Å². The molecule has 4 heteroatoms. The number of rotatable bonds is 2. The van der Waals surface area contributed by atoms with Gasteiger partial charge in [-0.15, -0.1) is 12.4 Å². The maximum Gasteiger partial charge on any atom is 0.239 e. The van der Waals surface area contributed by atoms with Gasteiger partial charge in [0, 0.05) is 13.1 Å². The molecule has 3 nitrogen and oxygen atoms in total. The number of hydrogen-bond acceptors (Lipinski definition) is 2. The van der Waals surface area contributed by atoms with E-state index in [0.29, 0.717) is 5.41 Å². The normalized spacial score (nSPS) is 32.0. The Balaban J connectivity index is 0.00000128. The topological polar surface area (TPSA) is 46.3 Å². The second-order valence-corrected chi connectivity index (χ2v) is 6.05. The lowest BCUT2D eigenvalue weighted by atomic mass is 10.0. The Morgan fingerprint density at radius 2 is 1.75 bits per heavy atom. The van der Waals surface area contributed by atoms with Crippen molar-refractivity contribution < 1.29 is 4.79 Å². The molecule has 0 aromatic rings. The van der Waals surface area contributed by atoms with E-state index >= 15 is 0 Å². The van der Waals surface area contributed by atoms with Crippen LogP contribution in [0.1, 0.15) is 27.7 Å². The zero-order valence-electron chi connectivity index (χ0n) is 10.6. The largest absolute Gasteiger partial charge is 0.341 e. The van der Waals surface area contributed by atoms with Gasteiger partial charge in [0.05, 0.1) is 6.04 Å². The fourth-order valence-corrected chi connectivity index (χ4v) is 2.81. The number of piperidine rings is 1. The molecule has 1 amide bonds. The Morgan fingerprint density at radius 1 is 1.31 bits per heavy atom. The average Bonchev–Trinajstić information content (AvgIpc) is 2.55. The fourth-order valence-electron chi connectivity index (χ4n) is 2.81. The zero-order chi connectivity index (χ0) is 11.4. The van der Waals surface area contributed by atoms with Crippen LogP contribution in [0.15, 0.2) is 0 Å². The van der Waals surface area contributed by atoms with Gasteiger partial charge in [-0.05, 0) is 23.2 Å². The van der Waals surface area contributed by atoms with Crippen LogP contribution in [0.25, 0.3) is 0 Å². The molecule has 1 aliphatic carbocycles. The molecule has 1 saturated carbocycles. The minimum absolute atomic E-state index is 0. The van der Waals surface area contributed by atoms with E-state index in [0.717, 1.165) is 24.9 Å². The lowest BCUT2D eigenvalue weighted by molar-refractivity contribution is -0.133. The standard InChI is InChI=1S/C12H22N2O.ClH/c1-7(2)10(13)11(15)14-5-8-9(6-14)12(8,3)4;/h7-10H,5-6,13H2,1-4H3;1H/t8?,9?,10-;/m1./s1. The molecular formula is C12H23ClN2O. The third kappa shape index (κ3) is 1.95. The highest BCUT2D eigenvalue weighted by Gasteiger charge is 2.62. The predicted octanol–water partition coefficient (Wildman–Crippen LogP) is 1.51. The highest BCUT2D eigenvalue weighted by Crippen LogP contribution is 2.61. The second-order valence-electron chi connectivity index (χ2n) is 6.05. The molecule has 94 valence electrons. The van der Waals surface area contributed by atoms with Crippen molar-refractivity contribution in [2.24, 2.45) is 28.9 Å². The smallest absolute Gasteiger partial charge is 0.239 e. The van der Waals surface area contributed by atoms with Crippen molar-refractivity contribution in [2.75, 3.05) is 13.1 Å². The summed E-state index contributed by atoms with van der Waals surface area (Å²) in [7, 11) is 0. The number of fused-ring (bicyclic) bond motifs is 1. The van der Waals surface area contributed by atoms with Gasteiger partial charge in [-0.2, -0.15) is 0 Å². The zero-order valence-corrected chi connectivity index (χ0v) is 11.4. The molecule has 1 saturated heterocycles. The summed E-state index contributed by atoms with van der Waals surface area (Å²) < 4.78 is 0. The molecule has 0 aromatic heterocycles. The van der Waals surface area contributed by atoms with Crippen molar-refractivity contribution in [3.63, 3.8) is 0 Å². The monoisotopic (exact) mass is 246 g/mol. The van der Waals surface area contributed by atoms with Crippen LogP contribution in [0, 0.1) is 23.2 Å². The first-order chi connectivity index (χ1) is 6.85. The lowest BCUT2D eigenvalue weighted by Gasteiger charge is -2.26. The maximum absolute atomic E-state index is 12.0. The van der Waals surface area contributed by atoms with Gasteiger partial charge in [0.1, 0.15) is 0 Å². The summed E-state index contributed by atoms with van der Waals surface area (Å²) in [4.78, 5) is 13.9. The van der Waals surface area contributed by atoms with Crippen LogP contribution in [0.3, 0.4) is 0 Å². The van der Waals surface area contributed by atoms with E-state index in [1.165, 1.54) is 0 Å². The van der Waals surface area contributed by atoms with Crippen molar-refractivity contribution in [1.29, 1.82) is 0 Å². The van der Waals surface area contributed by atoms with Crippen molar-refractivity contribution >= 4 is 18.3 Å². The van der Waals surface area contributed by atoms with Crippen LogP contribution in [0.2, 0.25) is 0 Å². The summed E-state index contributed by atoms with van der Waals surface area (Å²) in [6.45, 7) is 10.5. The number of halogens is 1. The van der Waals surface area contributed by atoms with Gasteiger partial charge < -0.3 is 10.6 Å². The highest BCUT2D eigenvalue weighted by atomic mass is 35.5. The van der Waals surface area contributed by atoms with Crippen molar-refractivity contribution in [1.82, 2.24) is 4.90 Å². The summed E-state index contributed by atoms with van der Waals surface area (Å²) in [5, 5.41) is 0. The van der Waals surface area contributed by atoms with Gasteiger partial charge in [0.15, 0.2) is 0 Å². The summed E-state index contributed by atoms with van der Waals surface area (Å²) in [6.07, 6.45) is 0. The van der Waals surface area contributed by atoms with Crippen molar-refractivity contribution in [3.8, 4) is 0 Å². The van der Waals surface area contributed by atoms with Gasteiger partial charge in [-0.3, -0.25) is 4.79 Å². The molecular weight excluding hydrogens is 224 g/mol. The lowest BCUT2D eigenvalue weighted by Crippen LogP contribution is -2.46. The molecule has 1 heterocycles. The first-order valence-electron chi connectivity index (χ1n) is 5.90. The van der Waals surface area contributed by atoms with Gasteiger partial charge >= 0.3 is 0 Å². The van der Waals surface area contributed by atoms with Crippen LogP contribution in [0.4, 0.5) is 0 Å². The molecule has 0 radical (unpaired) electrons. The van der Waals surface area contributed by atoms with Crippen molar-refractivity contribution in [3.05, 3.63) is 0 Å². The van der Waals surface area contributed by atoms with Crippen LogP contribution in [-0.4, -0.2) is 29.9 Å². The minimum Gasteiger partial charge on any atom is -0.341 e. The van der Waals surface area contributed by atoms with E-state index in [1.807, 2.05) is 18.7 Å². The van der Waals surface area contributed by atoms with E-state index in [1.54, 1.807) is 0 Å². The second kappa shape index (κ2) is 4.19. The van der Waals surface area contributed by atoms with Crippen LogP contribution < -0.4 is 5.73 Å². The Kier molecular flexibility index (Phi) is 3.61. The Labute approximate surface area is 104 Å². The molecule has 2 N–H and O–H groups in total. The summed E-state index contributed by atoms with van der Waals surface area (Å²) in [6, 6.07) is -0.314. The predicted molar refractivity (Wildman–Crippen MR) is 67.4 cm³/mol. The molecule has 2 unspecified atom stereocenters. The number of hydrogen-bond donors (Lipinski definition) is 1. The van der Waals surface area contributed by atoms with Crippen LogP contribution >= 0.6 is 12.4 Å². The van der Waals surface area contributed by atoms with E-state index in [9.17, 15) is 4.79 Å². The third-order valence-electron chi connectivity index (χ3n) is 4.44. The van der Waals surface area contributed by atoms with E-state index in [2.05, 4.69) is 13.8 Å². The molecule has 16 heavy (non-hydrogen) atoms. The van der Waals surface area contributed by atoms with Gasteiger partial charge in [-0.1, -0.05) is 27.7 Å². The van der Waals surface area contributed by atoms with E-state index < -0.39 is 0 Å². The Morgan fingerprint density at radius 3 is 2.12 bits per heavy atom. The minimum atomic E-state index is -0.314. The third-order valence-corrected chi connectivity index (χ3v) is 4.44. The molecule has 2 fully saturated rings. The summed E-state index contributed by atoms with van der Waals surface area (Å²) >= 11 is 0. The van der Waals surface area contributed by atoms with Crippen molar-refractivity contribution in [2.45, 2.75) is 33.7 Å². The number of carbonyl (C=O) groups excluding carboxylic acids is 1. The quantitative estimate of drug-likeness (QED) is 0.803. The SMILES string of the molecule is CC(C)[C@@H](N)C(=O)N1CC2C(C1)C2(C)C.Cl. The number of nitrogens with two attached hydrogens (primary N) is 1. The summed E-state index contributed by atoms with van der Waals surface area (Å²) in [5.41, 5.74) is 6.35. The van der Waals surface area contributed by atoms with E-state index in [-0.39, 0.29) is 30.3 Å². The van der Waals surface area contributed by atoms with Gasteiger partial charge in [-0.25, -0.2) is 0 Å². The first-order valence-corrected chi connectivity index (χ1v) is 5.90. The maximum atomic E-state index is 12.0. The van der Waals surface area contributed by atoms with Crippen LogP contribution in [-0.2, 0) is 4.79 Å². The average molecular weight is 247 g/mol. The molecule has 1 aliphatic heterocycles. The van der Waals surface area contributed by atoms with Gasteiger partial charge in [0.2, 0.25) is 5.91 Å². The molecule has 0 aromatic carbocycles. The van der Waals surface area contributed by atoms with E-state index in [4.69, 9.17) is 5.73 Å². The fraction of sp³-hybridized carbons (Fsp3) is 0.917. The number of nitrogens with zero attached hydrogens (tertiary/aromatic N) is 1.